The van der Waals surface area contributed by atoms with E-state index in [1.54, 1.807) is 13.2 Å². The average molecular weight is 472 g/mol. The van der Waals surface area contributed by atoms with E-state index < -0.39 is 11.6 Å². The predicted octanol–water partition coefficient (Wildman–Crippen LogP) is 5.47. The van der Waals surface area contributed by atoms with Gasteiger partial charge >= 0.3 is 0 Å². The summed E-state index contributed by atoms with van der Waals surface area (Å²) in [5.74, 6) is 1.65. The molecule has 0 saturated heterocycles. The second kappa shape index (κ2) is 12.6. The zero-order valence-corrected chi connectivity index (χ0v) is 20.0. The van der Waals surface area contributed by atoms with Crippen molar-refractivity contribution in [2.45, 2.75) is 32.1 Å². The van der Waals surface area contributed by atoms with Gasteiger partial charge in [0.1, 0.15) is 5.82 Å². The SMILES string of the molecule is C#CCCC1=CN=C(c2ccc(F)cc2C(=O)/C(=C/C(=N)/C2=C\CCOCCC2)NC)C(=C)C=C1. The number of halogens is 1. The van der Waals surface area contributed by atoms with Crippen molar-refractivity contribution in [3.63, 3.8) is 0 Å². The standard InChI is InChI=1S/C29H30FN3O2/c1-4-5-8-21-12-11-20(2)28(33-19-21)24-14-13-23(30)17-25(24)29(34)27(32-3)18-26(31)22-9-6-15-35-16-7-10-22/h1,9,11-14,17-19,31-32H,2,5-8,10,15-16H2,3H3/b22-9-,27-18-,31-26?. The highest BCUT2D eigenvalue weighted by atomic mass is 19.1. The first kappa shape index (κ1) is 25.8. The number of carbonyl (C=O) groups excluding carboxylic acids is 1. The summed E-state index contributed by atoms with van der Waals surface area (Å²) in [7, 11) is 1.61. The second-order valence-electron chi connectivity index (χ2n) is 8.22. The lowest BCUT2D eigenvalue weighted by atomic mass is 9.93. The minimum atomic E-state index is -0.536. The predicted molar refractivity (Wildman–Crippen MR) is 139 cm³/mol. The van der Waals surface area contributed by atoms with Crippen LogP contribution in [0.1, 0.15) is 48.0 Å². The first-order valence-corrected chi connectivity index (χ1v) is 11.6. The zero-order chi connectivity index (χ0) is 25.2. The number of Topliss-reactive ketones (excluding diaryl/α,β-unsaturated/α-hetero) is 1. The number of nitrogens with one attached hydrogen (secondary N) is 2. The van der Waals surface area contributed by atoms with Crippen molar-refractivity contribution >= 4 is 17.2 Å². The fraction of sp³-hybridized carbons (Fsp3) is 0.276. The lowest BCUT2D eigenvalue weighted by Crippen LogP contribution is -2.21. The molecule has 0 unspecified atom stereocenters. The summed E-state index contributed by atoms with van der Waals surface area (Å²) in [5, 5.41) is 11.4. The van der Waals surface area contributed by atoms with Crippen LogP contribution >= 0.6 is 0 Å². The second-order valence-corrected chi connectivity index (χ2v) is 8.22. The number of ether oxygens (including phenoxy) is 1. The zero-order valence-electron chi connectivity index (χ0n) is 20.0. The van der Waals surface area contributed by atoms with Gasteiger partial charge in [0.05, 0.1) is 23.7 Å². The fourth-order valence-electron chi connectivity index (χ4n) is 3.84. The molecule has 0 radical (unpaired) electrons. The Labute approximate surface area is 206 Å². The smallest absolute Gasteiger partial charge is 0.209 e. The van der Waals surface area contributed by atoms with Crippen LogP contribution in [0.2, 0.25) is 0 Å². The van der Waals surface area contributed by atoms with Crippen LogP contribution in [-0.2, 0) is 4.74 Å². The number of likely N-dealkylation sites (N-methyl/N-ethyl adjacent to an activating group) is 1. The Hall–Kier alpha value is -3.82. The minimum Gasteiger partial charge on any atom is -0.385 e. The molecule has 3 rings (SSSR count). The van der Waals surface area contributed by atoms with E-state index in [9.17, 15) is 9.18 Å². The lowest BCUT2D eigenvalue weighted by Gasteiger charge is -2.15. The molecule has 0 aromatic heterocycles. The third kappa shape index (κ3) is 6.84. The third-order valence-corrected chi connectivity index (χ3v) is 5.74. The molecule has 2 heterocycles. The van der Waals surface area contributed by atoms with Gasteiger partial charge in [-0.25, -0.2) is 4.39 Å². The number of aliphatic imine (C=N–C) groups is 1. The average Bonchev–Trinajstić information content (AvgIpc) is 3.01. The molecule has 0 spiro atoms. The van der Waals surface area contributed by atoms with Gasteiger partial charge in [-0.15, -0.1) is 12.3 Å². The minimum absolute atomic E-state index is 0.146. The van der Waals surface area contributed by atoms with E-state index in [4.69, 9.17) is 16.6 Å². The van der Waals surface area contributed by atoms with E-state index in [0.29, 0.717) is 55.7 Å². The molecule has 2 aliphatic rings. The summed E-state index contributed by atoms with van der Waals surface area (Å²) in [6, 6.07) is 4.04. The van der Waals surface area contributed by atoms with Gasteiger partial charge in [-0.3, -0.25) is 9.79 Å². The summed E-state index contributed by atoms with van der Waals surface area (Å²) < 4.78 is 19.8. The summed E-state index contributed by atoms with van der Waals surface area (Å²) in [4.78, 5) is 18.1. The lowest BCUT2D eigenvalue weighted by molar-refractivity contribution is 0.102. The molecule has 6 heteroatoms. The number of ketones is 1. The van der Waals surface area contributed by atoms with Crippen LogP contribution in [0, 0.1) is 23.6 Å². The van der Waals surface area contributed by atoms with Crippen molar-refractivity contribution in [3.8, 4) is 12.3 Å². The van der Waals surface area contributed by atoms with E-state index in [1.807, 2.05) is 18.2 Å². The number of carbonyl (C=O) groups is 1. The maximum absolute atomic E-state index is 14.3. The first-order chi connectivity index (χ1) is 16.9. The maximum Gasteiger partial charge on any atom is 0.209 e. The van der Waals surface area contributed by atoms with E-state index >= 15 is 0 Å². The molecule has 0 saturated carbocycles. The first-order valence-electron chi connectivity index (χ1n) is 11.6. The molecule has 0 atom stereocenters. The van der Waals surface area contributed by atoms with E-state index in [0.717, 1.165) is 17.6 Å². The Balaban J connectivity index is 1.98. The van der Waals surface area contributed by atoms with Gasteiger partial charge in [-0.1, -0.05) is 24.8 Å². The van der Waals surface area contributed by atoms with Gasteiger partial charge in [0.25, 0.3) is 0 Å². The van der Waals surface area contributed by atoms with Crippen LogP contribution in [0.5, 0.6) is 0 Å². The largest absolute Gasteiger partial charge is 0.385 e. The molecule has 0 aliphatic carbocycles. The molecule has 5 nitrogen and oxygen atoms in total. The van der Waals surface area contributed by atoms with Crippen molar-refractivity contribution in [2.75, 3.05) is 20.3 Å². The van der Waals surface area contributed by atoms with Crippen molar-refractivity contribution in [1.82, 2.24) is 5.32 Å². The summed E-state index contributed by atoms with van der Waals surface area (Å²) in [6.45, 7) is 5.35. The Morgan fingerprint density at radius 3 is 2.97 bits per heavy atom. The molecule has 1 aromatic carbocycles. The van der Waals surface area contributed by atoms with E-state index in [1.165, 1.54) is 24.3 Å². The fourth-order valence-corrected chi connectivity index (χ4v) is 3.84. The molecule has 0 bridgehead atoms. The highest BCUT2D eigenvalue weighted by Crippen LogP contribution is 2.23. The Bertz CT molecular complexity index is 1210. The van der Waals surface area contributed by atoms with Gasteiger partial charge in [0, 0.05) is 37.4 Å². The number of rotatable bonds is 8. The van der Waals surface area contributed by atoms with E-state index in [2.05, 4.69) is 22.8 Å². The van der Waals surface area contributed by atoms with Crippen molar-refractivity contribution in [3.05, 3.63) is 94.6 Å². The number of hydrogen-bond donors (Lipinski definition) is 2. The summed E-state index contributed by atoms with van der Waals surface area (Å²) in [5.41, 5.74) is 3.95. The number of benzene rings is 1. The molecule has 0 amide bonds. The van der Waals surface area contributed by atoms with Crippen molar-refractivity contribution in [1.29, 1.82) is 5.41 Å². The maximum atomic E-state index is 14.3. The molecule has 35 heavy (non-hydrogen) atoms. The van der Waals surface area contributed by atoms with Gasteiger partial charge in [0.2, 0.25) is 5.78 Å². The van der Waals surface area contributed by atoms with Gasteiger partial charge in [-0.05, 0) is 66.7 Å². The molecular weight excluding hydrogens is 441 g/mol. The van der Waals surface area contributed by atoms with Crippen LogP contribution < -0.4 is 5.32 Å². The molecular formula is C29H30FN3O2. The number of hydrogen-bond acceptors (Lipinski definition) is 5. The Morgan fingerprint density at radius 2 is 2.20 bits per heavy atom. The van der Waals surface area contributed by atoms with Crippen molar-refractivity contribution < 1.29 is 13.9 Å². The normalized spacial score (nSPS) is 18.1. The van der Waals surface area contributed by atoms with E-state index in [-0.39, 0.29) is 17.0 Å². The molecule has 2 aliphatic heterocycles. The highest BCUT2D eigenvalue weighted by molar-refractivity contribution is 6.23. The monoisotopic (exact) mass is 471 g/mol. The van der Waals surface area contributed by atoms with Crippen LogP contribution in [-0.4, -0.2) is 37.5 Å². The summed E-state index contributed by atoms with van der Waals surface area (Å²) in [6.07, 6.45) is 17.8. The molecule has 2 N–H and O–H groups in total. The van der Waals surface area contributed by atoms with Gasteiger partial charge in [0.15, 0.2) is 0 Å². The number of terminal acetylenes is 1. The van der Waals surface area contributed by atoms with Gasteiger partial charge < -0.3 is 15.5 Å². The van der Waals surface area contributed by atoms with Crippen LogP contribution in [0.15, 0.2) is 82.7 Å². The van der Waals surface area contributed by atoms with Crippen LogP contribution in [0.4, 0.5) is 4.39 Å². The molecule has 1 aromatic rings. The Kier molecular flexibility index (Phi) is 9.28. The van der Waals surface area contributed by atoms with Crippen LogP contribution in [0.3, 0.4) is 0 Å². The number of nitrogens with zero attached hydrogens (tertiary/aromatic N) is 1. The Morgan fingerprint density at radius 1 is 1.37 bits per heavy atom. The van der Waals surface area contributed by atoms with Gasteiger partial charge in [-0.2, -0.15) is 0 Å². The summed E-state index contributed by atoms with van der Waals surface area (Å²) >= 11 is 0. The highest BCUT2D eigenvalue weighted by Gasteiger charge is 2.22. The number of allylic oxidation sites excluding steroid dienone is 7. The molecule has 180 valence electrons. The third-order valence-electron chi connectivity index (χ3n) is 5.74. The van der Waals surface area contributed by atoms with Crippen molar-refractivity contribution in [2.24, 2.45) is 4.99 Å². The quantitative estimate of drug-likeness (QED) is 0.228. The topological polar surface area (TPSA) is 74.5 Å². The molecule has 0 fully saturated rings. The van der Waals surface area contributed by atoms with Crippen LogP contribution in [0.25, 0.3) is 0 Å².